The van der Waals surface area contributed by atoms with Crippen molar-refractivity contribution in [3.05, 3.63) is 29.8 Å². The van der Waals surface area contributed by atoms with Crippen LogP contribution in [-0.4, -0.2) is 39.6 Å². The van der Waals surface area contributed by atoms with E-state index in [0.717, 1.165) is 0 Å². The second kappa shape index (κ2) is 5.13. The summed E-state index contributed by atoms with van der Waals surface area (Å²) in [5, 5.41) is 3.39. The molecule has 4 nitrogen and oxygen atoms in total. The zero-order chi connectivity index (χ0) is 14.1. The van der Waals surface area contributed by atoms with E-state index in [1.54, 1.807) is 0 Å². The fraction of sp³-hybridized carbons (Fsp3) is 0.571. The van der Waals surface area contributed by atoms with E-state index in [4.69, 9.17) is 0 Å². The molecule has 1 atom stereocenters. The van der Waals surface area contributed by atoms with E-state index in [9.17, 15) is 8.42 Å². The molecular formula is C14H22N2O2S. The van der Waals surface area contributed by atoms with Crippen LogP contribution in [0.5, 0.6) is 0 Å². The Morgan fingerprint density at radius 1 is 1.26 bits per heavy atom. The summed E-state index contributed by atoms with van der Waals surface area (Å²) in [5.41, 5.74) is 2.06. The van der Waals surface area contributed by atoms with E-state index in [1.807, 2.05) is 21.0 Å². The number of hydrogen-bond acceptors (Lipinski definition) is 4. The molecule has 0 saturated carbocycles. The highest BCUT2D eigenvalue weighted by atomic mass is 32.2. The molecular weight excluding hydrogens is 260 g/mol. The van der Waals surface area contributed by atoms with Crippen LogP contribution in [0.1, 0.15) is 18.9 Å². The molecule has 1 aliphatic heterocycles. The highest BCUT2D eigenvalue weighted by Crippen LogP contribution is 2.23. The summed E-state index contributed by atoms with van der Waals surface area (Å²) >= 11 is 0. The van der Waals surface area contributed by atoms with E-state index in [2.05, 4.69) is 34.5 Å². The molecule has 0 aliphatic carbocycles. The Morgan fingerprint density at radius 2 is 1.89 bits per heavy atom. The minimum Gasteiger partial charge on any atom is -0.378 e. The minimum absolute atomic E-state index is 0.246. The molecule has 0 radical (unpaired) electrons. The van der Waals surface area contributed by atoms with Gasteiger partial charge in [-0.15, -0.1) is 0 Å². The van der Waals surface area contributed by atoms with Crippen molar-refractivity contribution in [2.75, 3.05) is 30.5 Å². The quantitative estimate of drug-likeness (QED) is 0.907. The number of benzene rings is 1. The summed E-state index contributed by atoms with van der Waals surface area (Å²) in [5.74, 6) is 0.547. The number of anilines is 1. The van der Waals surface area contributed by atoms with Crippen LogP contribution in [0.2, 0.25) is 0 Å². The second-order valence-corrected chi connectivity index (χ2v) is 8.00. The molecule has 1 unspecified atom stereocenters. The molecule has 2 rings (SSSR count). The standard InChI is InChI=1S/C14H22N2O2S/c1-14(8-9-19(17,18)11-14)15-10-12-4-6-13(7-5-12)16(2)3/h4-7,15H,8-11H2,1-3H3. The fourth-order valence-corrected chi connectivity index (χ4v) is 4.50. The van der Waals surface area contributed by atoms with Gasteiger partial charge < -0.3 is 10.2 Å². The lowest BCUT2D eigenvalue weighted by Crippen LogP contribution is -2.42. The molecule has 5 heteroatoms. The van der Waals surface area contributed by atoms with Gasteiger partial charge in [0.25, 0.3) is 0 Å². The normalized spacial score (nSPS) is 25.4. The van der Waals surface area contributed by atoms with Crippen LogP contribution in [0.15, 0.2) is 24.3 Å². The van der Waals surface area contributed by atoms with Gasteiger partial charge in [-0.25, -0.2) is 8.42 Å². The van der Waals surface area contributed by atoms with Gasteiger partial charge in [-0.05, 0) is 31.0 Å². The second-order valence-electron chi connectivity index (χ2n) is 5.82. The zero-order valence-corrected chi connectivity index (χ0v) is 12.6. The van der Waals surface area contributed by atoms with Crippen molar-refractivity contribution in [3.63, 3.8) is 0 Å². The van der Waals surface area contributed by atoms with E-state index < -0.39 is 9.84 Å². The molecule has 1 aliphatic rings. The van der Waals surface area contributed by atoms with Crippen molar-refractivity contribution in [3.8, 4) is 0 Å². The molecule has 1 N–H and O–H groups in total. The third-order valence-corrected chi connectivity index (χ3v) is 5.58. The van der Waals surface area contributed by atoms with Crippen LogP contribution >= 0.6 is 0 Å². The Hall–Kier alpha value is -1.07. The summed E-state index contributed by atoms with van der Waals surface area (Å²) in [6.45, 7) is 2.70. The highest BCUT2D eigenvalue weighted by molar-refractivity contribution is 7.91. The number of hydrogen-bond donors (Lipinski definition) is 1. The van der Waals surface area contributed by atoms with Crippen molar-refractivity contribution in [2.24, 2.45) is 0 Å². The molecule has 1 aromatic rings. The van der Waals surface area contributed by atoms with Crippen LogP contribution in [0, 0.1) is 0 Å². The first-order valence-corrected chi connectivity index (χ1v) is 8.34. The molecule has 1 fully saturated rings. The average Bonchev–Trinajstić information content (AvgIpc) is 2.62. The predicted molar refractivity (Wildman–Crippen MR) is 79.3 cm³/mol. The maximum Gasteiger partial charge on any atom is 0.152 e. The SMILES string of the molecule is CN(C)c1ccc(CNC2(C)CCS(=O)(=O)C2)cc1. The lowest BCUT2D eigenvalue weighted by molar-refractivity contribution is 0.395. The smallest absolute Gasteiger partial charge is 0.152 e. The van der Waals surface area contributed by atoms with Crippen molar-refractivity contribution < 1.29 is 8.42 Å². The molecule has 0 aromatic heterocycles. The Morgan fingerprint density at radius 3 is 2.37 bits per heavy atom. The summed E-state index contributed by atoms with van der Waals surface area (Å²) in [6, 6.07) is 8.31. The van der Waals surface area contributed by atoms with Gasteiger partial charge in [0.05, 0.1) is 11.5 Å². The lowest BCUT2D eigenvalue weighted by atomic mass is 10.0. The van der Waals surface area contributed by atoms with Crippen LogP contribution in [0.25, 0.3) is 0 Å². The Labute approximate surface area is 115 Å². The summed E-state index contributed by atoms with van der Waals surface area (Å²) in [7, 11) is 1.18. The molecule has 19 heavy (non-hydrogen) atoms. The third-order valence-electron chi connectivity index (χ3n) is 3.68. The van der Waals surface area contributed by atoms with E-state index >= 15 is 0 Å². The van der Waals surface area contributed by atoms with E-state index in [1.165, 1.54) is 11.3 Å². The van der Waals surface area contributed by atoms with E-state index in [0.29, 0.717) is 18.7 Å². The monoisotopic (exact) mass is 282 g/mol. The number of sulfone groups is 1. The first-order valence-electron chi connectivity index (χ1n) is 6.51. The van der Waals surface area contributed by atoms with E-state index in [-0.39, 0.29) is 11.3 Å². The first-order chi connectivity index (χ1) is 8.80. The van der Waals surface area contributed by atoms with Crippen molar-refractivity contribution in [1.29, 1.82) is 0 Å². The number of nitrogens with one attached hydrogen (secondary N) is 1. The van der Waals surface area contributed by atoms with Crippen molar-refractivity contribution in [1.82, 2.24) is 5.32 Å². The van der Waals surface area contributed by atoms with Crippen LogP contribution in [0.4, 0.5) is 5.69 Å². The molecule has 1 saturated heterocycles. The Kier molecular flexibility index (Phi) is 3.87. The largest absolute Gasteiger partial charge is 0.378 e. The fourth-order valence-electron chi connectivity index (χ4n) is 2.38. The number of rotatable bonds is 4. The topological polar surface area (TPSA) is 49.4 Å². The summed E-state index contributed by atoms with van der Waals surface area (Å²) in [4.78, 5) is 2.06. The van der Waals surface area contributed by atoms with Gasteiger partial charge >= 0.3 is 0 Å². The van der Waals surface area contributed by atoms with Crippen molar-refractivity contribution in [2.45, 2.75) is 25.4 Å². The van der Waals surface area contributed by atoms with Gasteiger partial charge in [0.2, 0.25) is 0 Å². The van der Waals surface area contributed by atoms with Crippen LogP contribution in [-0.2, 0) is 16.4 Å². The molecule has 0 bridgehead atoms. The Balaban J connectivity index is 1.96. The van der Waals surface area contributed by atoms with Crippen LogP contribution in [0.3, 0.4) is 0 Å². The molecule has 106 valence electrons. The maximum atomic E-state index is 11.5. The zero-order valence-electron chi connectivity index (χ0n) is 11.8. The van der Waals surface area contributed by atoms with Gasteiger partial charge in [-0.3, -0.25) is 0 Å². The highest BCUT2D eigenvalue weighted by Gasteiger charge is 2.37. The van der Waals surface area contributed by atoms with Gasteiger partial charge in [-0.2, -0.15) is 0 Å². The molecule has 1 heterocycles. The van der Waals surface area contributed by atoms with Gasteiger partial charge in [-0.1, -0.05) is 12.1 Å². The minimum atomic E-state index is -2.85. The molecule has 0 amide bonds. The number of nitrogens with zero attached hydrogens (tertiary/aromatic N) is 1. The lowest BCUT2D eigenvalue weighted by Gasteiger charge is -2.24. The van der Waals surface area contributed by atoms with Crippen LogP contribution < -0.4 is 10.2 Å². The predicted octanol–water partition coefficient (Wildman–Crippen LogP) is 1.42. The first kappa shape index (κ1) is 14.3. The molecule has 0 spiro atoms. The maximum absolute atomic E-state index is 11.5. The van der Waals surface area contributed by atoms with Crippen molar-refractivity contribution >= 4 is 15.5 Å². The average molecular weight is 282 g/mol. The third kappa shape index (κ3) is 3.70. The summed E-state index contributed by atoms with van der Waals surface area (Å²) < 4.78 is 23.1. The van der Waals surface area contributed by atoms with Gasteiger partial charge in [0.15, 0.2) is 9.84 Å². The molecule has 1 aromatic carbocycles. The van der Waals surface area contributed by atoms with Gasteiger partial charge in [0, 0.05) is 31.9 Å². The Bertz CT molecular complexity index is 537. The summed E-state index contributed by atoms with van der Waals surface area (Å²) in [6.07, 6.45) is 0.700. The van der Waals surface area contributed by atoms with Gasteiger partial charge in [0.1, 0.15) is 0 Å².